The Hall–Kier alpha value is -0.840. The van der Waals surface area contributed by atoms with Gasteiger partial charge in [-0.15, -0.1) is 0 Å². The van der Waals surface area contributed by atoms with Gasteiger partial charge in [0.15, 0.2) is 0 Å². The smallest absolute Gasteiger partial charge is 0.128 e. The molecule has 0 aromatic carbocycles. The van der Waals surface area contributed by atoms with Crippen LogP contribution in [0.2, 0.25) is 5.02 Å². The Bertz CT molecular complexity index is 536. The van der Waals surface area contributed by atoms with Crippen molar-refractivity contribution in [1.29, 1.82) is 0 Å². The van der Waals surface area contributed by atoms with Gasteiger partial charge in [0, 0.05) is 38.9 Å². The van der Waals surface area contributed by atoms with Crippen molar-refractivity contribution in [3.8, 4) is 0 Å². The molecule has 4 nitrogen and oxygen atoms in total. The molecule has 1 saturated carbocycles. The molecule has 5 heteroatoms. The maximum atomic E-state index is 6.12. The zero-order valence-corrected chi connectivity index (χ0v) is 15.2. The van der Waals surface area contributed by atoms with E-state index in [-0.39, 0.29) is 0 Å². The first-order chi connectivity index (χ1) is 11.7. The highest BCUT2D eigenvalue weighted by molar-refractivity contribution is 6.30. The molecule has 0 radical (unpaired) electrons. The summed E-state index contributed by atoms with van der Waals surface area (Å²) >= 11 is 5.92. The molecule has 2 saturated heterocycles. The maximum absolute atomic E-state index is 6.12. The third-order valence-corrected chi connectivity index (χ3v) is 6.35. The molecule has 1 atom stereocenters. The molecule has 1 aromatic heterocycles. The van der Waals surface area contributed by atoms with E-state index in [0.29, 0.717) is 16.5 Å². The first kappa shape index (κ1) is 16.6. The van der Waals surface area contributed by atoms with Crippen LogP contribution in [0.4, 0.5) is 5.82 Å². The third-order valence-electron chi connectivity index (χ3n) is 6.13. The number of nitrogens with zero attached hydrogens (tertiary/aromatic N) is 3. The van der Waals surface area contributed by atoms with Crippen LogP contribution in [0, 0.1) is 5.41 Å². The molecular formula is C19H28ClN3O. The number of hydrogen-bond acceptors (Lipinski definition) is 4. The van der Waals surface area contributed by atoms with Crippen LogP contribution in [0.25, 0.3) is 0 Å². The van der Waals surface area contributed by atoms with E-state index in [1.807, 2.05) is 12.1 Å². The number of ether oxygens (including phenoxy) is 1. The van der Waals surface area contributed by atoms with Crippen LogP contribution < -0.4 is 4.90 Å². The van der Waals surface area contributed by atoms with E-state index in [1.54, 1.807) is 6.20 Å². The molecule has 1 aromatic rings. The minimum atomic E-state index is 0.499. The first-order valence-corrected chi connectivity index (χ1v) is 9.81. The average molecular weight is 350 g/mol. The summed E-state index contributed by atoms with van der Waals surface area (Å²) in [5.74, 6) is 1.04. The second-order valence-corrected chi connectivity index (χ2v) is 8.23. The van der Waals surface area contributed by atoms with Crippen molar-refractivity contribution in [2.24, 2.45) is 5.41 Å². The lowest BCUT2D eigenvalue weighted by Crippen LogP contribution is -2.47. The van der Waals surface area contributed by atoms with Crippen LogP contribution in [-0.2, 0) is 4.74 Å². The van der Waals surface area contributed by atoms with Gasteiger partial charge in [0.2, 0.25) is 0 Å². The molecule has 0 N–H and O–H groups in total. The van der Waals surface area contributed by atoms with Gasteiger partial charge >= 0.3 is 0 Å². The van der Waals surface area contributed by atoms with Gasteiger partial charge in [0.25, 0.3) is 0 Å². The van der Waals surface area contributed by atoms with Gasteiger partial charge in [0.05, 0.1) is 17.7 Å². The summed E-state index contributed by atoms with van der Waals surface area (Å²) in [6.07, 6.45) is 10.4. The lowest BCUT2D eigenvalue weighted by atomic mass is 9.83. The van der Waals surface area contributed by atoms with E-state index >= 15 is 0 Å². The molecule has 0 amide bonds. The van der Waals surface area contributed by atoms with Crippen molar-refractivity contribution < 1.29 is 4.74 Å². The average Bonchev–Trinajstić information content (AvgIpc) is 3.24. The molecule has 3 fully saturated rings. The van der Waals surface area contributed by atoms with Crippen molar-refractivity contribution in [1.82, 2.24) is 9.88 Å². The van der Waals surface area contributed by atoms with Gasteiger partial charge in [-0.1, -0.05) is 24.4 Å². The van der Waals surface area contributed by atoms with Crippen molar-refractivity contribution in [3.05, 3.63) is 23.4 Å². The molecule has 0 bridgehead atoms. The third kappa shape index (κ3) is 3.71. The molecule has 132 valence electrons. The number of hydrogen-bond donors (Lipinski definition) is 0. The predicted octanol–water partition coefficient (Wildman–Crippen LogP) is 3.60. The second-order valence-electron chi connectivity index (χ2n) is 7.80. The van der Waals surface area contributed by atoms with Gasteiger partial charge in [0.1, 0.15) is 5.82 Å². The SMILES string of the molecule is Clc1ccc(N2CCN(CCC3CC4(CCCC4)CO3)CC2)nc1. The number of aromatic nitrogens is 1. The highest BCUT2D eigenvalue weighted by Crippen LogP contribution is 2.47. The van der Waals surface area contributed by atoms with E-state index in [4.69, 9.17) is 16.3 Å². The number of pyridine rings is 1. The molecule has 3 aliphatic rings. The monoisotopic (exact) mass is 349 g/mol. The van der Waals surface area contributed by atoms with Crippen molar-refractivity contribution in [2.45, 2.75) is 44.6 Å². The Morgan fingerprint density at radius 2 is 1.96 bits per heavy atom. The largest absolute Gasteiger partial charge is 0.378 e. The van der Waals surface area contributed by atoms with Crippen molar-refractivity contribution in [2.75, 3.05) is 44.2 Å². The van der Waals surface area contributed by atoms with E-state index < -0.39 is 0 Å². The highest BCUT2D eigenvalue weighted by atomic mass is 35.5. The van der Waals surface area contributed by atoms with E-state index in [1.165, 1.54) is 45.1 Å². The molecule has 3 heterocycles. The van der Waals surface area contributed by atoms with Crippen molar-refractivity contribution in [3.63, 3.8) is 0 Å². The summed E-state index contributed by atoms with van der Waals surface area (Å²) in [4.78, 5) is 9.36. The Morgan fingerprint density at radius 3 is 2.67 bits per heavy atom. The van der Waals surface area contributed by atoms with Gasteiger partial charge in [-0.05, 0) is 43.2 Å². The minimum Gasteiger partial charge on any atom is -0.378 e. The van der Waals surface area contributed by atoms with Gasteiger partial charge < -0.3 is 9.64 Å². The quantitative estimate of drug-likeness (QED) is 0.830. The van der Waals surface area contributed by atoms with Crippen molar-refractivity contribution >= 4 is 17.4 Å². The molecule has 4 rings (SSSR count). The number of halogens is 1. The molecular weight excluding hydrogens is 322 g/mol. The summed E-state index contributed by atoms with van der Waals surface area (Å²) in [5.41, 5.74) is 0.559. The summed E-state index contributed by atoms with van der Waals surface area (Å²) in [7, 11) is 0. The zero-order valence-electron chi connectivity index (χ0n) is 14.4. The Labute approximate surface area is 150 Å². The minimum absolute atomic E-state index is 0.499. The maximum Gasteiger partial charge on any atom is 0.128 e. The Balaban J connectivity index is 1.20. The summed E-state index contributed by atoms with van der Waals surface area (Å²) in [5, 5.41) is 0.703. The first-order valence-electron chi connectivity index (χ1n) is 9.43. The fourth-order valence-corrected chi connectivity index (χ4v) is 4.75. The molecule has 24 heavy (non-hydrogen) atoms. The summed E-state index contributed by atoms with van der Waals surface area (Å²) in [6, 6.07) is 3.94. The Kier molecular flexibility index (Phi) is 4.98. The second kappa shape index (κ2) is 7.19. The van der Waals surface area contributed by atoms with Crippen LogP contribution in [0.15, 0.2) is 18.3 Å². The van der Waals surface area contributed by atoms with Crippen LogP contribution in [0.3, 0.4) is 0 Å². The van der Waals surface area contributed by atoms with Gasteiger partial charge in [-0.2, -0.15) is 0 Å². The Morgan fingerprint density at radius 1 is 1.17 bits per heavy atom. The molecule has 1 unspecified atom stereocenters. The predicted molar refractivity (Wildman–Crippen MR) is 97.8 cm³/mol. The summed E-state index contributed by atoms with van der Waals surface area (Å²) < 4.78 is 6.12. The number of piperazine rings is 1. The van der Waals surface area contributed by atoms with Crippen LogP contribution in [-0.4, -0.2) is 55.3 Å². The van der Waals surface area contributed by atoms with Crippen LogP contribution in [0.5, 0.6) is 0 Å². The summed E-state index contributed by atoms with van der Waals surface area (Å²) in [6.45, 7) is 6.51. The van der Waals surface area contributed by atoms with Gasteiger partial charge in [-0.3, -0.25) is 4.90 Å². The van der Waals surface area contributed by atoms with E-state index in [0.717, 1.165) is 38.6 Å². The lowest BCUT2D eigenvalue weighted by molar-refractivity contribution is 0.0804. The zero-order chi connectivity index (χ0) is 16.4. The number of anilines is 1. The highest BCUT2D eigenvalue weighted by Gasteiger charge is 2.41. The topological polar surface area (TPSA) is 28.6 Å². The lowest BCUT2D eigenvalue weighted by Gasteiger charge is -2.35. The van der Waals surface area contributed by atoms with E-state index in [2.05, 4.69) is 14.8 Å². The fraction of sp³-hybridized carbons (Fsp3) is 0.737. The molecule has 1 aliphatic carbocycles. The number of rotatable bonds is 4. The fourth-order valence-electron chi connectivity index (χ4n) is 4.64. The molecule has 1 spiro atoms. The van der Waals surface area contributed by atoms with Crippen LogP contribution >= 0.6 is 11.6 Å². The van der Waals surface area contributed by atoms with Gasteiger partial charge in [-0.25, -0.2) is 4.98 Å². The van der Waals surface area contributed by atoms with E-state index in [9.17, 15) is 0 Å². The normalized spacial score (nSPS) is 27.2. The van der Waals surface area contributed by atoms with Crippen LogP contribution in [0.1, 0.15) is 38.5 Å². The standard InChI is InChI=1S/C19H28ClN3O/c20-16-3-4-18(21-14-16)23-11-9-22(10-12-23)8-5-17-13-19(15-24-17)6-1-2-7-19/h3-4,14,17H,1-2,5-13,15H2. The molecule has 2 aliphatic heterocycles.